The van der Waals surface area contributed by atoms with E-state index in [1.165, 1.54) is 12.4 Å². The zero-order valence-corrected chi connectivity index (χ0v) is 10.2. The Morgan fingerprint density at radius 1 is 1.37 bits per heavy atom. The van der Waals surface area contributed by atoms with Crippen LogP contribution in [0.2, 0.25) is 0 Å². The van der Waals surface area contributed by atoms with Crippen molar-refractivity contribution in [3.05, 3.63) is 53.3 Å². The highest BCUT2D eigenvalue weighted by molar-refractivity contribution is 5.94. The van der Waals surface area contributed by atoms with Crippen LogP contribution in [0.1, 0.15) is 21.5 Å². The third kappa shape index (κ3) is 2.69. The molecule has 0 bridgehead atoms. The van der Waals surface area contributed by atoms with Crippen molar-refractivity contribution in [1.29, 1.82) is 5.26 Å². The number of nitrogens with one attached hydrogen (secondary N) is 1. The van der Waals surface area contributed by atoms with Crippen LogP contribution in [0.4, 0.5) is 11.4 Å². The fourth-order valence-corrected chi connectivity index (χ4v) is 1.65. The van der Waals surface area contributed by atoms with E-state index in [0.717, 1.165) is 5.56 Å². The monoisotopic (exact) mass is 253 g/mol. The Morgan fingerprint density at radius 2 is 2.16 bits per heavy atom. The average molecular weight is 253 g/mol. The highest BCUT2D eigenvalue weighted by Crippen LogP contribution is 2.23. The molecule has 0 radical (unpaired) electrons. The number of aromatic carboxylic acids is 1. The number of carbonyl (C=O) groups is 1. The first-order valence-electron chi connectivity index (χ1n) is 5.57. The summed E-state index contributed by atoms with van der Waals surface area (Å²) in [5.41, 5.74) is 2.67. The maximum atomic E-state index is 11.1. The molecule has 0 amide bonds. The lowest BCUT2D eigenvalue weighted by atomic mass is 10.1. The van der Waals surface area contributed by atoms with E-state index < -0.39 is 5.97 Å². The van der Waals surface area contributed by atoms with Gasteiger partial charge in [-0.05, 0) is 30.7 Å². The van der Waals surface area contributed by atoms with Crippen LogP contribution >= 0.6 is 0 Å². The van der Waals surface area contributed by atoms with Gasteiger partial charge in [0.15, 0.2) is 0 Å². The molecule has 5 heteroatoms. The minimum Gasteiger partial charge on any atom is -0.478 e. The molecule has 1 aromatic heterocycles. The van der Waals surface area contributed by atoms with Gasteiger partial charge in [0.2, 0.25) is 0 Å². The Morgan fingerprint density at radius 3 is 2.84 bits per heavy atom. The van der Waals surface area contributed by atoms with Gasteiger partial charge in [0.05, 0.1) is 17.3 Å². The minimum absolute atomic E-state index is 0.0873. The Hall–Kier alpha value is -2.87. The standard InChI is InChI=1S/C14H11N3O2/c1-9-2-3-10(7-15)6-13(9)17-12-4-5-16-8-11(12)14(18)19/h2-6,8H,1H3,(H,16,17)(H,18,19). The molecule has 0 atom stereocenters. The Balaban J connectivity index is 2.42. The first-order valence-corrected chi connectivity index (χ1v) is 5.57. The summed E-state index contributed by atoms with van der Waals surface area (Å²) in [6.07, 6.45) is 2.80. The number of carboxylic acid groups (broad SMARTS) is 1. The summed E-state index contributed by atoms with van der Waals surface area (Å²) in [5, 5.41) is 21.0. The Labute approximate surface area is 110 Å². The van der Waals surface area contributed by atoms with Gasteiger partial charge in [-0.3, -0.25) is 4.98 Å². The second kappa shape index (κ2) is 5.19. The van der Waals surface area contributed by atoms with E-state index in [9.17, 15) is 4.79 Å². The van der Waals surface area contributed by atoms with Crippen LogP contribution in [-0.2, 0) is 0 Å². The zero-order chi connectivity index (χ0) is 13.8. The highest BCUT2D eigenvalue weighted by atomic mass is 16.4. The summed E-state index contributed by atoms with van der Waals surface area (Å²) in [6.45, 7) is 1.88. The molecule has 0 spiro atoms. The van der Waals surface area contributed by atoms with Crippen LogP contribution in [0, 0.1) is 18.3 Å². The molecule has 0 aliphatic carbocycles. The third-order valence-corrected chi connectivity index (χ3v) is 2.69. The second-order valence-corrected chi connectivity index (χ2v) is 3.99. The fourth-order valence-electron chi connectivity index (χ4n) is 1.65. The number of hydrogen-bond donors (Lipinski definition) is 2. The third-order valence-electron chi connectivity index (χ3n) is 2.69. The average Bonchev–Trinajstić information content (AvgIpc) is 2.41. The minimum atomic E-state index is -1.05. The lowest BCUT2D eigenvalue weighted by Crippen LogP contribution is -2.04. The molecule has 0 unspecified atom stereocenters. The summed E-state index contributed by atoms with van der Waals surface area (Å²) in [4.78, 5) is 14.9. The van der Waals surface area contributed by atoms with E-state index in [1.807, 2.05) is 19.1 Å². The Bertz CT molecular complexity index is 675. The van der Waals surface area contributed by atoms with Crippen molar-refractivity contribution >= 4 is 17.3 Å². The van der Waals surface area contributed by atoms with Gasteiger partial charge in [-0.15, -0.1) is 0 Å². The van der Waals surface area contributed by atoms with E-state index in [-0.39, 0.29) is 5.56 Å². The summed E-state index contributed by atoms with van der Waals surface area (Å²) >= 11 is 0. The summed E-state index contributed by atoms with van der Waals surface area (Å²) < 4.78 is 0. The number of pyridine rings is 1. The molecule has 1 aromatic carbocycles. The van der Waals surface area contributed by atoms with Crippen LogP contribution in [0.3, 0.4) is 0 Å². The molecular formula is C14H11N3O2. The van der Waals surface area contributed by atoms with Gasteiger partial charge in [0, 0.05) is 18.1 Å². The van der Waals surface area contributed by atoms with Crippen molar-refractivity contribution in [1.82, 2.24) is 4.98 Å². The first kappa shape index (κ1) is 12.6. The van der Waals surface area contributed by atoms with Crippen LogP contribution in [-0.4, -0.2) is 16.1 Å². The number of rotatable bonds is 3. The molecule has 0 fully saturated rings. The number of aryl methyl sites for hydroxylation is 1. The number of carboxylic acids is 1. The Kier molecular flexibility index (Phi) is 3.44. The number of hydrogen-bond acceptors (Lipinski definition) is 4. The lowest BCUT2D eigenvalue weighted by molar-refractivity contribution is 0.0697. The maximum Gasteiger partial charge on any atom is 0.339 e. The molecule has 1 heterocycles. The summed E-state index contributed by atoms with van der Waals surface area (Å²) in [5.74, 6) is -1.05. The van der Waals surface area contributed by atoms with Gasteiger partial charge >= 0.3 is 5.97 Å². The number of benzene rings is 1. The van der Waals surface area contributed by atoms with E-state index >= 15 is 0 Å². The van der Waals surface area contributed by atoms with Crippen LogP contribution < -0.4 is 5.32 Å². The zero-order valence-electron chi connectivity index (χ0n) is 10.2. The summed E-state index contributed by atoms with van der Waals surface area (Å²) in [6, 6.07) is 8.84. The molecule has 0 aliphatic rings. The van der Waals surface area contributed by atoms with Crippen LogP contribution in [0.25, 0.3) is 0 Å². The van der Waals surface area contributed by atoms with E-state index in [2.05, 4.69) is 10.3 Å². The largest absolute Gasteiger partial charge is 0.478 e. The topological polar surface area (TPSA) is 86.0 Å². The number of nitriles is 1. The number of aromatic nitrogens is 1. The second-order valence-electron chi connectivity index (χ2n) is 3.99. The van der Waals surface area contributed by atoms with Gasteiger partial charge in [-0.2, -0.15) is 5.26 Å². The first-order chi connectivity index (χ1) is 9.11. The highest BCUT2D eigenvalue weighted by Gasteiger charge is 2.10. The normalized spacial score (nSPS) is 9.68. The molecule has 5 nitrogen and oxygen atoms in total. The molecule has 19 heavy (non-hydrogen) atoms. The quantitative estimate of drug-likeness (QED) is 0.878. The molecular weight excluding hydrogens is 242 g/mol. The van der Waals surface area contributed by atoms with Gasteiger partial charge in [0.25, 0.3) is 0 Å². The van der Waals surface area contributed by atoms with E-state index in [1.54, 1.807) is 18.2 Å². The van der Waals surface area contributed by atoms with Crippen molar-refractivity contribution < 1.29 is 9.90 Å². The van der Waals surface area contributed by atoms with E-state index in [4.69, 9.17) is 10.4 Å². The molecule has 0 aliphatic heterocycles. The summed E-state index contributed by atoms with van der Waals surface area (Å²) in [7, 11) is 0. The van der Waals surface area contributed by atoms with Gasteiger partial charge in [-0.1, -0.05) is 6.07 Å². The molecule has 94 valence electrons. The molecule has 2 N–H and O–H groups in total. The number of nitrogens with zero attached hydrogens (tertiary/aromatic N) is 2. The van der Waals surface area contributed by atoms with E-state index in [0.29, 0.717) is 16.9 Å². The smallest absolute Gasteiger partial charge is 0.339 e. The molecule has 2 aromatic rings. The SMILES string of the molecule is Cc1ccc(C#N)cc1Nc1ccncc1C(=O)O. The molecule has 2 rings (SSSR count). The predicted molar refractivity (Wildman–Crippen MR) is 70.4 cm³/mol. The van der Waals surface area contributed by atoms with Crippen molar-refractivity contribution in [2.24, 2.45) is 0 Å². The number of anilines is 2. The fraction of sp³-hybridized carbons (Fsp3) is 0.0714. The molecule has 0 saturated carbocycles. The van der Waals surface area contributed by atoms with Gasteiger partial charge < -0.3 is 10.4 Å². The van der Waals surface area contributed by atoms with Gasteiger partial charge in [-0.25, -0.2) is 4.79 Å². The van der Waals surface area contributed by atoms with Crippen LogP contribution in [0.15, 0.2) is 36.7 Å². The predicted octanol–water partition coefficient (Wildman–Crippen LogP) is 2.70. The van der Waals surface area contributed by atoms with Gasteiger partial charge in [0.1, 0.15) is 5.56 Å². The van der Waals surface area contributed by atoms with Crippen molar-refractivity contribution in [2.75, 3.05) is 5.32 Å². The van der Waals surface area contributed by atoms with Crippen molar-refractivity contribution in [3.8, 4) is 6.07 Å². The lowest BCUT2D eigenvalue weighted by Gasteiger charge is -2.11. The molecule has 0 saturated heterocycles. The van der Waals surface area contributed by atoms with Crippen molar-refractivity contribution in [3.63, 3.8) is 0 Å². The van der Waals surface area contributed by atoms with Crippen molar-refractivity contribution in [2.45, 2.75) is 6.92 Å². The van der Waals surface area contributed by atoms with Crippen LogP contribution in [0.5, 0.6) is 0 Å². The maximum absolute atomic E-state index is 11.1.